The predicted octanol–water partition coefficient (Wildman–Crippen LogP) is 2.01. The van der Waals surface area contributed by atoms with Crippen molar-refractivity contribution in [3.63, 3.8) is 0 Å². The molecule has 2 rings (SSSR count). The van der Waals surface area contributed by atoms with Crippen molar-refractivity contribution in [3.8, 4) is 17.5 Å². The maximum absolute atomic E-state index is 10.7. The summed E-state index contributed by atoms with van der Waals surface area (Å²) in [6.07, 6.45) is 1.52. The van der Waals surface area contributed by atoms with Gasteiger partial charge >= 0.3 is 0 Å². The summed E-state index contributed by atoms with van der Waals surface area (Å²) >= 11 is 0. The summed E-state index contributed by atoms with van der Waals surface area (Å²) < 4.78 is 1.56. The molecule has 0 fully saturated rings. The topological polar surface area (TPSA) is 97.6 Å². The Morgan fingerprint density at radius 1 is 1.58 bits per heavy atom. The predicted molar refractivity (Wildman–Crippen MR) is 66.9 cm³/mol. The standard InChI is InChI=1S/C12H11N5O2/c1-9(6-13)7-16-8-14-12(15-16)10-3-2-4-11(5-10)17(18)19/h2-5,8-9H,7H2,1H3. The zero-order valence-electron chi connectivity index (χ0n) is 10.2. The number of benzene rings is 1. The molecule has 1 atom stereocenters. The maximum Gasteiger partial charge on any atom is 0.270 e. The van der Waals surface area contributed by atoms with Crippen molar-refractivity contribution in [2.45, 2.75) is 13.5 Å². The lowest BCUT2D eigenvalue weighted by Gasteiger charge is -2.00. The fraction of sp³-hybridized carbons (Fsp3) is 0.250. The molecule has 0 amide bonds. The monoisotopic (exact) mass is 257 g/mol. The lowest BCUT2D eigenvalue weighted by atomic mass is 10.2. The van der Waals surface area contributed by atoms with E-state index in [9.17, 15) is 10.1 Å². The smallest absolute Gasteiger partial charge is 0.258 e. The van der Waals surface area contributed by atoms with Crippen molar-refractivity contribution in [1.29, 1.82) is 5.26 Å². The third-order valence-corrected chi connectivity index (χ3v) is 2.53. The lowest BCUT2D eigenvalue weighted by molar-refractivity contribution is -0.384. The SMILES string of the molecule is CC(C#N)Cn1cnc(-c2cccc([N+](=O)[O-])c2)n1. The fourth-order valence-electron chi connectivity index (χ4n) is 1.59. The van der Waals surface area contributed by atoms with Crippen molar-refractivity contribution in [1.82, 2.24) is 14.8 Å². The molecule has 7 nitrogen and oxygen atoms in total. The van der Waals surface area contributed by atoms with Gasteiger partial charge in [0.05, 0.1) is 23.5 Å². The van der Waals surface area contributed by atoms with Gasteiger partial charge in [-0.25, -0.2) is 4.98 Å². The van der Waals surface area contributed by atoms with Crippen LogP contribution in [-0.2, 0) is 6.54 Å². The van der Waals surface area contributed by atoms with Crippen molar-refractivity contribution in [3.05, 3.63) is 40.7 Å². The molecule has 19 heavy (non-hydrogen) atoms. The maximum atomic E-state index is 10.7. The second-order valence-electron chi connectivity index (χ2n) is 4.13. The minimum Gasteiger partial charge on any atom is -0.258 e. The molecule has 7 heteroatoms. The number of nitro benzene ring substituents is 1. The first-order valence-electron chi connectivity index (χ1n) is 5.64. The van der Waals surface area contributed by atoms with E-state index in [1.165, 1.54) is 18.5 Å². The van der Waals surface area contributed by atoms with Crippen LogP contribution in [0, 0.1) is 27.4 Å². The highest BCUT2D eigenvalue weighted by molar-refractivity contribution is 5.58. The van der Waals surface area contributed by atoms with E-state index in [0.29, 0.717) is 17.9 Å². The normalized spacial score (nSPS) is 11.8. The van der Waals surface area contributed by atoms with Gasteiger partial charge in [-0.3, -0.25) is 14.8 Å². The molecule has 1 unspecified atom stereocenters. The zero-order valence-corrected chi connectivity index (χ0v) is 10.2. The molecule has 96 valence electrons. The number of nitrogens with zero attached hydrogens (tertiary/aromatic N) is 5. The zero-order chi connectivity index (χ0) is 13.8. The molecule has 1 heterocycles. The Hall–Kier alpha value is -2.75. The first-order chi connectivity index (χ1) is 9.10. The molecule has 1 aromatic carbocycles. The van der Waals surface area contributed by atoms with Gasteiger partial charge in [0.2, 0.25) is 0 Å². The summed E-state index contributed by atoms with van der Waals surface area (Å²) in [6.45, 7) is 2.23. The van der Waals surface area contributed by atoms with Gasteiger partial charge in [0.15, 0.2) is 5.82 Å². The van der Waals surface area contributed by atoms with Gasteiger partial charge in [-0.1, -0.05) is 12.1 Å². The van der Waals surface area contributed by atoms with Crippen LogP contribution in [0.25, 0.3) is 11.4 Å². The van der Waals surface area contributed by atoms with Crippen LogP contribution in [-0.4, -0.2) is 19.7 Å². The second kappa shape index (κ2) is 5.27. The van der Waals surface area contributed by atoms with Gasteiger partial charge in [-0.05, 0) is 6.92 Å². The van der Waals surface area contributed by atoms with Crippen LogP contribution in [0.15, 0.2) is 30.6 Å². The van der Waals surface area contributed by atoms with E-state index in [-0.39, 0.29) is 11.6 Å². The number of non-ortho nitro benzene ring substituents is 1. The molecule has 0 aliphatic carbocycles. The summed E-state index contributed by atoms with van der Waals surface area (Å²) in [4.78, 5) is 14.3. The van der Waals surface area contributed by atoms with Crippen LogP contribution in [0.3, 0.4) is 0 Å². The molecule has 0 aliphatic rings. The minimum atomic E-state index is -0.460. The summed E-state index contributed by atoms with van der Waals surface area (Å²) in [5.74, 6) is 0.244. The molecular formula is C12H11N5O2. The van der Waals surface area contributed by atoms with Gasteiger partial charge in [0.25, 0.3) is 5.69 Å². The number of hydrogen-bond donors (Lipinski definition) is 0. The van der Waals surface area contributed by atoms with Crippen LogP contribution in [0.2, 0.25) is 0 Å². The van der Waals surface area contributed by atoms with Crippen LogP contribution < -0.4 is 0 Å². The summed E-state index contributed by atoms with van der Waals surface area (Å²) in [5, 5.41) is 23.6. The Balaban J connectivity index is 2.25. The summed E-state index contributed by atoms with van der Waals surface area (Å²) in [7, 11) is 0. The van der Waals surface area contributed by atoms with Crippen LogP contribution >= 0.6 is 0 Å². The third kappa shape index (κ3) is 2.93. The Kier molecular flexibility index (Phi) is 3.52. The van der Waals surface area contributed by atoms with E-state index in [4.69, 9.17) is 5.26 Å². The number of hydrogen-bond acceptors (Lipinski definition) is 5. The molecule has 2 aromatic rings. The second-order valence-corrected chi connectivity index (χ2v) is 4.13. The fourth-order valence-corrected chi connectivity index (χ4v) is 1.59. The van der Waals surface area contributed by atoms with Crippen LogP contribution in [0.4, 0.5) is 5.69 Å². The Labute approximate surface area is 109 Å². The van der Waals surface area contributed by atoms with Crippen molar-refractivity contribution in [2.75, 3.05) is 0 Å². The van der Waals surface area contributed by atoms with Crippen LogP contribution in [0.5, 0.6) is 0 Å². The molecule has 0 N–H and O–H groups in total. The van der Waals surface area contributed by atoms with Crippen molar-refractivity contribution < 1.29 is 4.92 Å². The third-order valence-electron chi connectivity index (χ3n) is 2.53. The van der Waals surface area contributed by atoms with Gasteiger partial charge in [-0.15, -0.1) is 0 Å². The summed E-state index contributed by atoms with van der Waals surface area (Å²) in [5.41, 5.74) is 0.580. The Morgan fingerprint density at radius 3 is 3.05 bits per heavy atom. The van der Waals surface area contributed by atoms with E-state index >= 15 is 0 Å². The largest absolute Gasteiger partial charge is 0.270 e. The number of nitriles is 1. The first kappa shape index (κ1) is 12.7. The summed E-state index contributed by atoms with van der Waals surface area (Å²) in [6, 6.07) is 8.25. The van der Waals surface area contributed by atoms with Gasteiger partial charge < -0.3 is 0 Å². The molecule has 0 radical (unpaired) electrons. The lowest BCUT2D eigenvalue weighted by Crippen LogP contribution is -2.06. The number of nitro groups is 1. The van der Waals surface area contributed by atoms with Crippen molar-refractivity contribution in [2.24, 2.45) is 5.92 Å². The van der Waals surface area contributed by atoms with Gasteiger partial charge in [0.1, 0.15) is 6.33 Å². The van der Waals surface area contributed by atoms with Crippen LogP contribution in [0.1, 0.15) is 6.92 Å². The molecule has 0 aliphatic heterocycles. The molecule has 0 saturated carbocycles. The van der Waals surface area contributed by atoms with Gasteiger partial charge in [-0.2, -0.15) is 10.4 Å². The van der Waals surface area contributed by atoms with Crippen molar-refractivity contribution >= 4 is 5.69 Å². The van der Waals surface area contributed by atoms with E-state index < -0.39 is 4.92 Å². The van der Waals surface area contributed by atoms with E-state index in [1.807, 2.05) is 0 Å². The number of rotatable bonds is 4. The van der Waals surface area contributed by atoms with Gasteiger partial charge in [0, 0.05) is 17.7 Å². The molecular weight excluding hydrogens is 246 g/mol. The molecule has 0 spiro atoms. The van der Waals surface area contributed by atoms with E-state index in [2.05, 4.69) is 16.2 Å². The average Bonchev–Trinajstić information content (AvgIpc) is 2.87. The highest BCUT2D eigenvalue weighted by Gasteiger charge is 2.11. The highest BCUT2D eigenvalue weighted by atomic mass is 16.6. The quantitative estimate of drug-likeness (QED) is 0.616. The Morgan fingerprint density at radius 2 is 2.37 bits per heavy atom. The van der Waals surface area contributed by atoms with E-state index in [0.717, 1.165) is 0 Å². The molecule has 0 saturated heterocycles. The minimum absolute atomic E-state index is 0.000701. The average molecular weight is 257 g/mol. The molecule has 1 aromatic heterocycles. The molecule has 0 bridgehead atoms. The number of aromatic nitrogens is 3. The first-order valence-corrected chi connectivity index (χ1v) is 5.64. The van der Waals surface area contributed by atoms with E-state index in [1.54, 1.807) is 23.7 Å². The Bertz CT molecular complexity index is 644. The highest BCUT2D eigenvalue weighted by Crippen LogP contribution is 2.20.